The molecule has 8 nitrogen and oxygen atoms in total. The van der Waals surface area contributed by atoms with Crippen LogP contribution in [0.3, 0.4) is 0 Å². The third-order valence-electron chi connectivity index (χ3n) is 4.74. The minimum absolute atomic E-state index is 0.127. The number of aromatic hydroxyl groups is 1. The molecule has 3 heterocycles. The highest BCUT2D eigenvalue weighted by Crippen LogP contribution is 2.34. The molecule has 1 saturated heterocycles. The van der Waals surface area contributed by atoms with Crippen LogP contribution in [0.5, 0.6) is 5.75 Å². The van der Waals surface area contributed by atoms with E-state index in [4.69, 9.17) is 13.6 Å². The van der Waals surface area contributed by atoms with Crippen molar-refractivity contribution >= 4 is 16.9 Å². The molecular formula is C19H16NO7+. The maximum absolute atomic E-state index is 11.9. The summed E-state index contributed by atoms with van der Waals surface area (Å²) in [7, 11) is 0. The highest BCUT2D eigenvalue weighted by molar-refractivity contribution is 5.83. The van der Waals surface area contributed by atoms with Crippen molar-refractivity contribution in [3.63, 3.8) is 0 Å². The fourth-order valence-electron chi connectivity index (χ4n) is 3.14. The topological polar surface area (TPSA) is 110 Å². The molecule has 8 heteroatoms. The number of hydrogen-bond donors (Lipinski definition) is 1. The van der Waals surface area contributed by atoms with E-state index in [0.717, 1.165) is 5.56 Å². The molecule has 1 aromatic carbocycles. The van der Waals surface area contributed by atoms with Gasteiger partial charge in [0, 0.05) is 15.9 Å². The Balaban J connectivity index is 1.73. The van der Waals surface area contributed by atoms with Crippen LogP contribution in [0.15, 0.2) is 37.9 Å². The number of hydrogen-bond acceptors (Lipinski definition) is 7. The van der Waals surface area contributed by atoms with Crippen molar-refractivity contribution < 1.29 is 28.2 Å². The number of esters is 1. The standard InChI is InChI=1S/C19H15NO7/c1-9-16(21)10(2)18(22)27-17(9)15-7-12-5-11(3-4-14(12)26-15)6-13-19(23)25-8-20(13)24/h3-5,7,13H,6,8H2,1-2H3/p+1. The Kier molecular flexibility index (Phi) is 3.83. The van der Waals surface area contributed by atoms with Gasteiger partial charge in [-0.25, -0.2) is 9.59 Å². The van der Waals surface area contributed by atoms with Gasteiger partial charge in [-0.2, -0.15) is 0 Å². The van der Waals surface area contributed by atoms with Crippen LogP contribution in [-0.2, 0) is 16.0 Å². The van der Waals surface area contributed by atoms with Crippen LogP contribution in [0.4, 0.5) is 0 Å². The first-order valence-electron chi connectivity index (χ1n) is 8.31. The molecule has 1 aliphatic rings. The van der Waals surface area contributed by atoms with Crippen molar-refractivity contribution in [2.24, 2.45) is 0 Å². The summed E-state index contributed by atoms with van der Waals surface area (Å²) in [6.45, 7) is 2.86. The lowest BCUT2D eigenvalue weighted by molar-refractivity contribution is -0.575. The second-order valence-corrected chi connectivity index (χ2v) is 6.53. The Hall–Kier alpha value is -3.42. The van der Waals surface area contributed by atoms with Gasteiger partial charge in [0.15, 0.2) is 11.5 Å². The van der Waals surface area contributed by atoms with Crippen LogP contribution < -0.4 is 5.63 Å². The number of carbonyl (C=O) groups is 1. The molecule has 1 fully saturated rings. The number of ether oxygens (including phenoxy) is 1. The van der Waals surface area contributed by atoms with E-state index in [0.29, 0.717) is 27.1 Å². The Morgan fingerprint density at radius 3 is 2.63 bits per heavy atom. The summed E-state index contributed by atoms with van der Waals surface area (Å²) in [5.74, 6) is -0.202. The summed E-state index contributed by atoms with van der Waals surface area (Å²) >= 11 is 0. The number of furan rings is 1. The highest BCUT2D eigenvalue weighted by Gasteiger charge is 2.42. The van der Waals surface area contributed by atoms with Crippen LogP contribution in [0, 0.1) is 18.8 Å². The van der Waals surface area contributed by atoms with E-state index < -0.39 is 17.6 Å². The summed E-state index contributed by atoms with van der Waals surface area (Å²) in [6.07, 6.45) is 0.220. The molecule has 4 rings (SSSR count). The van der Waals surface area contributed by atoms with Crippen LogP contribution >= 0.6 is 0 Å². The Morgan fingerprint density at radius 2 is 1.93 bits per heavy atom. The molecule has 27 heavy (non-hydrogen) atoms. The largest absolute Gasteiger partial charge is 0.507 e. The number of benzene rings is 1. The summed E-state index contributed by atoms with van der Waals surface area (Å²) in [5.41, 5.74) is 1.22. The predicted molar refractivity (Wildman–Crippen MR) is 93.4 cm³/mol. The van der Waals surface area contributed by atoms with Gasteiger partial charge in [0.25, 0.3) is 0 Å². The summed E-state index contributed by atoms with van der Waals surface area (Å²) in [6, 6.07) is 6.09. The van der Waals surface area contributed by atoms with Crippen molar-refractivity contribution in [2.75, 3.05) is 6.73 Å². The minimum Gasteiger partial charge on any atom is -0.507 e. The molecule has 0 saturated carbocycles. The average Bonchev–Trinajstić information content (AvgIpc) is 3.20. The van der Waals surface area contributed by atoms with Gasteiger partial charge in [0.05, 0.1) is 16.7 Å². The second-order valence-electron chi connectivity index (χ2n) is 6.53. The van der Waals surface area contributed by atoms with Crippen molar-refractivity contribution in [1.82, 2.24) is 0 Å². The molecule has 1 aliphatic heterocycles. The monoisotopic (exact) mass is 370 g/mol. The third-order valence-corrected chi connectivity index (χ3v) is 4.74. The first-order chi connectivity index (χ1) is 12.8. The van der Waals surface area contributed by atoms with Crippen LogP contribution in [-0.4, -0.2) is 28.6 Å². The van der Waals surface area contributed by atoms with Crippen molar-refractivity contribution in [2.45, 2.75) is 26.3 Å². The van der Waals surface area contributed by atoms with Gasteiger partial charge in [0.1, 0.15) is 11.3 Å². The van der Waals surface area contributed by atoms with E-state index in [1.165, 1.54) is 6.92 Å². The Labute approximate surface area is 152 Å². The second kappa shape index (κ2) is 6.08. The molecule has 1 N–H and O–H groups in total. The molecule has 1 atom stereocenters. The van der Waals surface area contributed by atoms with Crippen LogP contribution in [0.1, 0.15) is 16.7 Å². The molecule has 0 radical (unpaired) electrons. The Bertz CT molecular complexity index is 1140. The van der Waals surface area contributed by atoms with Crippen LogP contribution in [0.2, 0.25) is 0 Å². The maximum Gasteiger partial charge on any atom is 0.385 e. The zero-order valence-corrected chi connectivity index (χ0v) is 14.6. The Morgan fingerprint density at radius 1 is 1.15 bits per heavy atom. The molecule has 0 aliphatic carbocycles. The number of carbonyl (C=O) groups excluding carboxylic acids is 1. The molecule has 0 bridgehead atoms. The smallest absolute Gasteiger partial charge is 0.385 e. The fourth-order valence-corrected chi connectivity index (χ4v) is 3.14. The van der Waals surface area contributed by atoms with E-state index >= 15 is 0 Å². The van der Waals surface area contributed by atoms with E-state index in [1.807, 2.05) is 0 Å². The summed E-state index contributed by atoms with van der Waals surface area (Å²) < 4.78 is 16.4. The van der Waals surface area contributed by atoms with E-state index in [-0.39, 0.29) is 30.2 Å². The molecule has 3 aromatic rings. The van der Waals surface area contributed by atoms with Crippen molar-refractivity contribution in [1.29, 1.82) is 0 Å². The lowest BCUT2D eigenvalue weighted by atomic mass is 10.0. The average molecular weight is 370 g/mol. The van der Waals surface area contributed by atoms with Gasteiger partial charge in [-0.05, 0) is 37.6 Å². The van der Waals surface area contributed by atoms with Gasteiger partial charge >= 0.3 is 24.4 Å². The zero-order valence-electron chi connectivity index (χ0n) is 14.6. The molecule has 138 valence electrons. The van der Waals surface area contributed by atoms with E-state index in [9.17, 15) is 19.6 Å². The van der Waals surface area contributed by atoms with Gasteiger partial charge in [0.2, 0.25) is 0 Å². The van der Waals surface area contributed by atoms with Gasteiger partial charge in [-0.1, -0.05) is 6.07 Å². The van der Waals surface area contributed by atoms with Crippen molar-refractivity contribution in [3.05, 3.63) is 56.3 Å². The molecular weight excluding hydrogens is 354 g/mol. The maximum atomic E-state index is 11.9. The van der Waals surface area contributed by atoms with Gasteiger partial charge < -0.3 is 18.7 Å². The number of nitrogens with zero attached hydrogens (tertiary/aromatic N) is 1. The third kappa shape index (κ3) is 2.79. The molecule has 0 spiro atoms. The lowest BCUT2D eigenvalue weighted by Gasteiger charge is -2.05. The predicted octanol–water partition coefficient (Wildman–Crippen LogP) is 2.58. The first kappa shape index (κ1) is 17.0. The van der Waals surface area contributed by atoms with Crippen molar-refractivity contribution in [3.8, 4) is 17.3 Å². The van der Waals surface area contributed by atoms with Crippen LogP contribution in [0.25, 0.3) is 22.5 Å². The quantitative estimate of drug-likeness (QED) is 0.557. The van der Waals surface area contributed by atoms with Gasteiger partial charge in [-0.3, -0.25) is 0 Å². The molecule has 2 aromatic heterocycles. The zero-order chi connectivity index (χ0) is 19.3. The minimum atomic E-state index is -0.858. The highest BCUT2D eigenvalue weighted by atomic mass is 16.6. The SMILES string of the molecule is Cc1c(-c2cc3cc(CC4C(=O)OC[N+]4=O)ccc3o2)oc(=O)c(C)c1O. The van der Waals surface area contributed by atoms with Gasteiger partial charge in [-0.15, -0.1) is 0 Å². The van der Waals surface area contributed by atoms with E-state index in [1.54, 1.807) is 31.2 Å². The number of fused-ring (bicyclic) bond motifs is 1. The lowest BCUT2D eigenvalue weighted by Crippen LogP contribution is -2.25. The molecule has 1 unspecified atom stereocenters. The fraction of sp³-hybridized carbons (Fsp3) is 0.263. The number of cyclic esters (lactones) is 1. The number of nitroso groups, excluding NO2 is 1. The van der Waals surface area contributed by atoms with E-state index in [2.05, 4.69) is 0 Å². The first-order valence-corrected chi connectivity index (χ1v) is 8.31. The normalized spacial score (nSPS) is 16.9. The number of rotatable bonds is 3. The summed E-state index contributed by atoms with van der Waals surface area (Å²) in [5, 5.41) is 10.8. The summed E-state index contributed by atoms with van der Waals surface area (Å²) in [4.78, 5) is 35.1. The molecule has 0 amide bonds.